The Hall–Kier alpha value is -2.62. The lowest BCUT2D eigenvalue weighted by Crippen LogP contribution is -1.95. The predicted molar refractivity (Wildman–Crippen MR) is 85.3 cm³/mol. The van der Waals surface area contributed by atoms with Gasteiger partial charge in [-0.3, -0.25) is 0 Å². The zero-order valence-electron chi connectivity index (χ0n) is 12.1. The number of hydrogen-bond acceptors (Lipinski definition) is 4. The summed E-state index contributed by atoms with van der Waals surface area (Å²) in [6.45, 7) is 2.04. The molecule has 1 heterocycles. The summed E-state index contributed by atoms with van der Waals surface area (Å²) in [5.74, 6) is 1.64. The molecule has 3 aromatic rings. The number of nitrogens with zero attached hydrogens (tertiary/aromatic N) is 2. The van der Waals surface area contributed by atoms with Crippen molar-refractivity contribution in [3.63, 3.8) is 0 Å². The van der Waals surface area contributed by atoms with Gasteiger partial charge in [0.1, 0.15) is 11.6 Å². The van der Waals surface area contributed by atoms with Crippen molar-refractivity contribution >= 4 is 16.5 Å². The van der Waals surface area contributed by atoms with Gasteiger partial charge in [-0.25, -0.2) is 9.97 Å². The summed E-state index contributed by atoms with van der Waals surface area (Å²) in [6.07, 6.45) is 2.60. The topological polar surface area (TPSA) is 61.0 Å². The Balaban J connectivity index is 2.16. The van der Waals surface area contributed by atoms with E-state index in [4.69, 9.17) is 10.5 Å². The number of aryl methyl sites for hydroxylation is 1. The van der Waals surface area contributed by atoms with Crippen molar-refractivity contribution in [2.24, 2.45) is 0 Å². The molecule has 0 spiro atoms. The van der Waals surface area contributed by atoms with E-state index in [9.17, 15) is 0 Å². The van der Waals surface area contributed by atoms with E-state index in [2.05, 4.69) is 16.0 Å². The molecule has 0 bridgehead atoms. The number of rotatable bonds is 3. The van der Waals surface area contributed by atoms with Gasteiger partial charge < -0.3 is 10.5 Å². The third kappa shape index (κ3) is 2.52. The highest BCUT2D eigenvalue weighted by molar-refractivity contribution is 5.97. The minimum Gasteiger partial charge on any atom is -0.497 e. The lowest BCUT2D eigenvalue weighted by Gasteiger charge is -2.09. The Kier molecular flexibility index (Phi) is 3.44. The van der Waals surface area contributed by atoms with Crippen LogP contribution in [0.4, 0.5) is 5.69 Å². The number of aromatic nitrogens is 2. The van der Waals surface area contributed by atoms with Crippen LogP contribution in [0.25, 0.3) is 22.0 Å². The van der Waals surface area contributed by atoms with E-state index in [0.29, 0.717) is 0 Å². The maximum Gasteiger partial charge on any atom is 0.128 e. The van der Waals surface area contributed by atoms with Gasteiger partial charge in [-0.1, -0.05) is 13.0 Å². The van der Waals surface area contributed by atoms with E-state index in [1.807, 2.05) is 37.3 Å². The Bertz CT molecular complexity index is 799. The molecular weight excluding hydrogens is 262 g/mol. The van der Waals surface area contributed by atoms with Crippen LogP contribution < -0.4 is 10.5 Å². The molecule has 0 unspecified atom stereocenters. The van der Waals surface area contributed by atoms with Gasteiger partial charge in [0.25, 0.3) is 0 Å². The molecule has 1 aromatic heterocycles. The summed E-state index contributed by atoms with van der Waals surface area (Å²) in [4.78, 5) is 8.78. The summed E-state index contributed by atoms with van der Waals surface area (Å²) < 4.78 is 5.25. The molecule has 0 saturated heterocycles. The van der Waals surface area contributed by atoms with Gasteiger partial charge in [-0.15, -0.1) is 0 Å². The predicted octanol–water partition coefficient (Wildman–Crippen LogP) is 3.45. The molecule has 2 aromatic carbocycles. The molecule has 0 amide bonds. The van der Waals surface area contributed by atoms with E-state index in [-0.39, 0.29) is 0 Å². The normalized spacial score (nSPS) is 10.8. The summed E-state index contributed by atoms with van der Waals surface area (Å²) >= 11 is 0. The van der Waals surface area contributed by atoms with Gasteiger partial charge in [-0.2, -0.15) is 0 Å². The first-order valence-electron chi connectivity index (χ1n) is 6.91. The number of methoxy groups -OCH3 is 1. The van der Waals surface area contributed by atoms with Crippen LogP contribution in [0.15, 0.2) is 42.6 Å². The quantitative estimate of drug-likeness (QED) is 0.746. The maximum absolute atomic E-state index is 6.19. The van der Waals surface area contributed by atoms with Gasteiger partial charge in [0.05, 0.1) is 12.8 Å². The molecule has 0 radical (unpaired) electrons. The molecule has 2 N–H and O–H groups in total. The third-order valence-electron chi connectivity index (χ3n) is 3.51. The molecule has 0 fully saturated rings. The molecule has 3 rings (SSSR count). The molecule has 4 heteroatoms. The van der Waals surface area contributed by atoms with Crippen LogP contribution in [0.1, 0.15) is 12.7 Å². The van der Waals surface area contributed by atoms with Crippen LogP contribution in [0, 0.1) is 0 Å². The molecule has 0 aliphatic carbocycles. The second-order valence-electron chi connectivity index (χ2n) is 4.86. The number of nitrogen functional groups attached to an aromatic ring is 1. The monoisotopic (exact) mass is 279 g/mol. The van der Waals surface area contributed by atoms with Gasteiger partial charge >= 0.3 is 0 Å². The Labute approximate surface area is 123 Å². The zero-order chi connectivity index (χ0) is 14.8. The van der Waals surface area contributed by atoms with Crippen molar-refractivity contribution in [2.75, 3.05) is 12.8 Å². The van der Waals surface area contributed by atoms with E-state index in [0.717, 1.165) is 45.7 Å². The van der Waals surface area contributed by atoms with Crippen LogP contribution in [-0.4, -0.2) is 17.1 Å². The second kappa shape index (κ2) is 5.40. The van der Waals surface area contributed by atoms with Gasteiger partial charge in [-0.05, 0) is 35.7 Å². The lowest BCUT2D eigenvalue weighted by atomic mass is 10.0. The molecule has 0 aliphatic heterocycles. The average molecular weight is 279 g/mol. The first kappa shape index (κ1) is 13.4. The van der Waals surface area contributed by atoms with Crippen molar-refractivity contribution in [1.82, 2.24) is 9.97 Å². The summed E-state index contributed by atoms with van der Waals surface area (Å²) in [5, 5.41) is 2.06. The Morgan fingerprint density at radius 1 is 1.14 bits per heavy atom. The number of fused-ring (bicyclic) bond motifs is 1. The van der Waals surface area contributed by atoms with E-state index in [1.54, 1.807) is 13.3 Å². The SMILES string of the molecule is CCc1nccc(-c2cc(N)c3cc(OC)ccc3c2)n1. The van der Waals surface area contributed by atoms with Crippen molar-refractivity contribution in [1.29, 1.82) is 0 Å². The standard InChI is InChI=1S/C17H17N3O/c1-3-17-19-7-6-16(20-17)12-8-11-4-5-13(21-2)10-14(11)15(18)9-12/h4-10H,3,18H2,1-2H3. The molecule has 4 nitrogen and oxygen atoms in total. The number of ether oxygens (including phenoxy) is 1. The third-order valence-corrected chi connectivity index (χ3v) is 3.51. The van der Waals surface area contributed by atoms with Crippen LogP contribution in [0.3, 0.4) is 0 Å². The minimum absolute atomic E-state index is 0.720. The van der Waals surface area contributed by atoms with Crippen molar-refractivity contribution < 1.29 is 4.74 Å². The largest absolute Gasteiger partial charge is 0.497 e. The fourth-order valence-corrected chi connectivity index (χ4v) is 2.37. The number of benzene rings is 2. The summed E-state index contributed by atoms with van der Waals surface area (Å²) in [6, 6.07) is 11.8. The second-order valence-corrected chi connectivity index (χ2v) is 4.86. The molecular formula is C17H17N3O. The van der Waals surface area contributed by atoms with Crippen LogP contribution in [0.2, 0.25) is 0 Å². The molecule has 21 heavy (non-hydrogen) atoms. The van der Waals surface area contributed by atoms with Gasteiger partial charge in [0, 0.05) is 29.3 Å². The highest BCUT2D eigenvalue weighted by atomic mass is 16.5. The van der Waals surface area contributed by atoms with Gasteiger partial charge in [0.15, 0.2) is 0 Å². The molecule has 0 aliphatic rings. The first-order chi connectivity index (χ1) is 10.2. The van der Waals surface area contributed by atoms with E-state index < -0.39 is 0 Å². The van der Waals surface area contributed by atoms with Gasteiger partial charge in [0.2, 0.25) is 0 Å². The first-order valence-corrected chi connectivity index (χ1v) is 6.91. The fourth-order valence-electron chi connectivity index (χ4n) is 2.37. The highest BCUT2D eigenvalue weighted by Gasteiger charge is 2.07. The number of hydrogen-bond donors (Lipinski definition) is 1. The molecule has 0 atom stereocenters. The number of nitrogens with two attached hydrogens (primary N) is 1. The van der Waals surface area contributed by atoms with E-state index in [1.165, 1.54) is 0 Å². The number of anilines is 1. The van der Waals surface area contributed by atoms with Crippen LogP contribution in [0.5, 0.6) is 5.75 Å². The van der Waals surface area contributed by atoms with Crippen LogP contribution >= 0.6 is 0 Å². The van der Waals surface area contributed by atoms with Crippen molar-refractivity contribution in [2.45, 2.75) is 13.3 Å². The fraction of sp³-hybridized carbons (Fsp3) is 0.176. The molecule has 0 saturated carbocycles. The van der Waals surface area contributed by atoms with Crippen molar-refractivity contribution in [3.05, 3.63) is 48.4 Å². The molecule has 106 valence electrons. The zero-order valence-corrected chi connectivity index (χ0v) is 12.1. The van der Waals surface area contributed by atoms with E-state index >= 15 is 0 Å². The highest BCUT2D eigenvalue weighted by Crippen LogP contribution is 2.30. The Morgan fingerprint density at radius 3 is 2.76 bits per heavy atom. The van der Waals surface area contributed by atoms with Crippen LogP contribution in [-0.2, 0) is 6.42 Å². The maximum atomic E-state index is 6.19. The lowest BCUT2D eigenvalue weighted by molar-refractivity contribution is 0.415. The van der Waals surface area contributed by atoms with Crippen molar-refractivity contribution in [3.8, 4) is 17.0 Å². The smallest absolute Gasteiger partial charge is 0.128 e. The summed E-state index contributed by atoms with van der Waals surface area (Å²) in [7, 11) is 1.65. The summed E-state index contributed by atoms with van der Waals surface area (Å²) in [5.41, 5.74) is 8.81. The average Bonchev–Trinajstić information content (AvgIpc) is 2.54. The Morgan fingerprint density at radius 2 is 2.00 bits per heavy atom. The minimum atomic E-state index is 0.720.